The van der Waals surface area contributed by atoms with Crippen LogP contribution in [0.3, 0.4) is 0 Å². The molecule has 0 radical (unpaired) electrons. The Hall–Kier alpha value is -0.0800. The Bertz CT molecular complexity index is 183. The van der Waals surface area contributed by atoms with Gasteiger partial charge in [-0.15, -0.1) is 0 Å². The van der Waals surface area contributed by atoms with Gasteiger partial charge in [0.25, 0.3) is 0 Å². The van der Waals surface area contributed by atoms with Gasteiger partial charge in [-0.3, -0.25) is 4.90 Å². The van der Waals surface area contributed by atoms with Crippen LogP contribution in [-0.4, -0.2) is 36.6 Å². The molecule has 1 rings (SSSR count). The van der Waals surface area contributed by atoms with Gasteiger partial charge in [0.15, 0.2) is 0 Å². The molecule has 0 heterocycles. The van der Waals surface area contributed by atoms with Crippen molar-refractivity contribution in [3.8, 4) is 0 Å². The van der Waals surface area contributed by atoms with Crippen LogP contribution in [0.2, 0.25) is 0 Å². The fourth-order valence-electron chi connectivity index (χ4n) is 2.91. The number of rotatable bonds is 6. The van der Waals surface area contributed by atoms with E-state index in [4.69, 9.17) is 0 Å². The molecule has 0 aromatic rings. The van der Waals surface area contributed by atoms with E-state index in [1.54, 1.807) is 0 Å². The lowest BCUT2D eigenvalue weighted by Gasteiger charge is -2.35. The highest BCUT2D eigenvalue weighted by Crippen LogP contribution is 2.22. The summed E-state index contributed by atoms with van der Waals surface area (Å²) in [5.74, 6) is 0. The minimum absolute atomic E-state index is 0.603. The van der Waals surface area contributed by atoms with Crippen molar-refractivity contribution in [3.05, 3.63) is 0 Å². The number of hydrogen-bond acceptors (Lipinski definition) is 2. The summed E-state index contributed by atoms with van der Waals surface area (Å²) < 4.78 is 0. The molecule has 1 aliphatic carbocycles. The zero-order valence-electron chi connectivity index (χ0n) is 12.3. The molecule has 2 heteroatoms. The van der Waals surface area contributed by atoms with E-state index in [1.807, 2.05) is 0 Å². The Balaban J connectivity index is 2.42. The second-order valence-corrected chi connectivity index (χ2v) is 5.94. The standard InChI is InChI=1S/C15H32N2/c1-5-14(12-16-13(2)3)17(4)15-10-8-6-7-9-11-15/h13-16H,5-12H2,1-4H3. The summed E-state index contributed by atoms with van der Waals surface area (Å²) in [4.78, 5) is 2.65. The van der Waals surface area contributed by atoms with Crippen LogP contribution in [0, 0.1) is 0 Å². The molecule has 1 fully saturated rings. The van der Waals surface area contributed by atoms with Gasteiger partial charge in [0.05, 0.1) is 0 Å². The smallest absolute Gasteiger partial charge is 0.0217 e. The van der Waals surface area contributed by atoms with Crippen LogP contribution in [0.25, 0.3) is 0 Å². The number of nitrogens with one attached hydrogen (secondary N) is 1. The van der Waals surface area contributed by atoms with Crippen molar-refractivity contribution in [1.29, 1.82) is 0 Å². The van der Waals surface area contributed by atoms with Crippen molar-refractivity contribution in [2.24, 2.45) is 0 Å². The molecule has 17 heavy (non-hydrogen) atoms. The van der Waals surface area contributed by atoms with E-state index >= 15 is 0 Å². The van der Waals surface area contributed by atoms with E-state index in [0.29, 0.717) is 12.1 Å². The van der Waals surface area contributed by atoms with Gasteiger partial charge in [0.2, 0.25) is 0 Å². The second-order valence-electron chi connectivity index (χ2n) is 5.94. The Kier molecular flexibility index (Phi) is 7.14. The van der Waals surface area contributed by atoms with Crippen LogP contribution >= 0.6 is 0 Å². The van der Waals surface area contributed by atoms with Crippen LogP contribution < -0.4 is 5.32 Å². The zero-order chi connectivity index (χ0) is 12.7. The quantitative estimate of drug-likeness (QED) is 0.716. The summed E-state index contributed by atoms with van der Waals surface area (Å²) in [5.41, 5.74) is 0. The maximum absolute atomic E-state index is 3.59. The van der Waals surface area contributed by atoms with E-state index in [9.17, 15) is 0 Å². The first-order chi connectivity index (χ1) is 8.15. The van der Waals surface area contributed by atoms with Gasteiger partial charge >= 0.3 is 0 Å². The topological polar surface area (TPSA) is 15.3 Å². The molecular formula is C15H32N2. The first kappa shape index (κ1) is 15.0. The van der Waals surface area contributed by atoms with Crippen molar-refractivity contribution in [2.45, 2.75) is 83.8 Å². The van der Waals surface area contributed by atoms with Gasteiger partial charge in [0.1, 0.15) is 0 Å². The average molecular weight is 240 g/mol. The van der Waals surface area contributed by atoms with Crippen LogP contribution in [-0.2, 0) is 0 Å². The second kappa shape index (κ2) is 8.10. The Morgan fingerprint density at radius 1 is 1.12 bits per heavy atom. The molecule has 0 amide bonds. The molecule has 1 saturated carbocycles. The molecule has 102 valence electrons. The molecule has 1 unspecified atom stereocenters. The maximum Gasteiger partial charge on any atom is 0.0217 e. The van der Waals surface area contributed by atoms with E-state index in [0.717, 1.165) is 12.6 Å². The number of hydrogen-bond donors (Lipinski definition) is 1. The average Bonchev–Trinajstić information content (AvgIpc) is 2.57. The SMILES string of the molecule is CCC(CNC(C)C)N(C)C1CCCCCC1. The van der Waals surface area contributed by atoms with E-state index < -0.39 is 0 Å². The van der Waals surface area contributed by atoms with Crippen molar-refractivity contribution >= 4 is 0 Å². The molecule has 1 atom stereocenters. The molecule has 0 aromatic carbocycles. The maximum atomic E-state index is 3.59. The van der Waals surface area contributed by atoms with Gasteiger partial charge in [-0.05, 0) is 26.3 Å². The molecule has 0 saturated heterocycles. The zero-order valence-corrected chi connectivity index (χ0v) is 12.3. The highest BCUT2D eigenvalue weighted by Gasteiger charge is 2.22. The molecule has 0 spiro atoms. The molecule has 1 N–H and O–H groups in total. The van der Waals surface area contributed by atoms with Crippen LogP contribution in [0.15, 0.2) is 0 Å². The third kappa shape index (κ3) is 5.39. The summed E-state index contributed by atoms with van der Waals surface area (Å²) >= 11 is 0. The fourth-order valence-corrected chi connectivity index (χ4v) is 2.91. The van der Waals surface area contributed by atoms with Crippen molar-refractivity contribution < 1.29 is 0 Å². The monoisotopic (exact) mass is 240 g/mol. The highest BCUT2D eigenvalue weighted by molar-refractivity contribution is 4.79. The first-order valence-electron chi connectivity index (χ1n) is 7.60. The third-order valence-corrected chi connectivity index (χ3v) is 4.21. The van der Waals surface area contributed by atoms with Gasteiger partial charge in [-0.1, -0.05) is 46.5 Å². The molecule has 0 aliphatic heterocycles. The predicted molar refractivity (Wildman–Crippen MR) is 76.5 cm³/mol. The highest BCUT2D eigenvalue weighted by atomic mass is 15.2. The summed E-state index contributed by atoms with van der Waals surface area (Å²) in [5, 5.41) is 3.59. The fraction of sp³-hybridized carbons (Fsp3) is 1.00. The van der Waals surface area contributed by atoms with E-state index in [2.05, 4.69) is 38.0 Å². The number of nitrogens with zero attached hydrogens (tertiary/aromatic N) is 1. The minimum atomic E-state index is 0.603. The molecular weight excluding hydrogens is 208 g/mol. The lowest BCUT2D eigenvalue weighted by molar-refractivity contribution is 0.148. The van der Waals surface area contributed by atoms with E-state index in [1.165, 1.54) is 44.9 Å². The summed E-state index contributed by atoms with van der Waals surface area (Å²) in [7, 11) is 2.34. The Labute approximate surface area is 108 Å². The van der Waals surface area contributed by atoms with Crippen LogP contribution in [0.4, 0.5) is 0 Å². The molecule has 0 bridgehead atoms. The molecule has 1 aliphatic rings. The Morgan fingerprint density at radius 3 is 2.18 bits per heavy atom. The number of likely N-dealkylation sites (N-methyl/N-ethyl adjacent to an activating group) is 1. The van der Waals surface area contributed by atoms with Crippen molar-refractivity contribution in [3.63, 3.8) is 0 Å². The van der Waals surface area contributed by atoms with E-state index in [-0.39, 0.29) is 0 Å². The summed E-state index contributed by atoms with van der Waals surface area (Å²) in [6.07, 6.45) is 9.85. The largest absolute Gasteiger partial charge is 0.313 e. The Morgan fingerprint density at radius 2 is 1.71 bits per heavy atom. The van der Waals surface area contributed by atoms with Gasteiger partial charge in [-0.2, -0.15) is 0 Å². The van der Waals surface area contributed by atoms with Gasteiger partial charge in [-0.25, -0.2) is 0 Å². The van der Waals surface area contributed by atoms with Crippen LogP contribution in [0.1, 0.15) is 65.7 Å². The summed E-state index contributed by atoms with van der Waals surface area (Å²) in [6.45, 7) is 7.93. The molecule has 0 aromatic heterocycles. The van der Waals surface area contributed by atoms with Crippen molar-refractivity contribution in [2.75, 3.05) is 13.6 Å². The lowest BCUT2D eigenvalue weighted by Crippen LogP contribution is -2.46. The summed E-state index contributed by atoms with van der Waals surface area (Å²) in [6, 6.07) is 2.14. The predicted octanol–water partition coefficient (Wildman–Crippen LogP) is 3.42. The lowest BCUT2D eigenvalue weighted by atomic mass is 10.0. The normalized spacial score (nSPS) is 20.8. The first-order valence-corrected chi connectivity index (χ1v) is 7.60. The molecule has 2 nitrogen and oxygen atoms in total. The third-order valence-electron chi connectivity index (χ3n) is 4.21. The van der Waals surface area contributed by atoms with Gasteiger partial charge in [0, 0.05) is 24.7 Å². The minimum Gasteiger partial charge on any atom is -0.313 e. The van der Waals surface area contributed by atoms with Crippen LogP contribution in [0.5, 0.6) is 0 Å². The van der Waals surface area contributed by atoms with Crippen molar-refractivity contribution in [1.82, 2.24) is 10.2 Å². The van der Waals surface area contributed by atoms with Gasteiger partial charge < -0.3 is 5.32 Å².